The summed E-state index contributed by atoms with van der Waals surface area (Å²) in [5.41, 5.74) is 2.52. The minimum atomic E-state index is -0.385. The fourth-order valence-electron chi connectivity index (χ4n) is 2.24. The molecule has 2 N–H and O–H groups in total. The Bertz CT molecular complexity index is 964. The number of carbonyl (C=O) groups is 1. The molecule has 0 aliphatic heterocycles. The molecule has 0 fully saturated rings. The van der Waals surface area contributed by atoms with Crippen molar-refractivity contribution in [3.05, 3.63) is 71.9 Å². The van der Waals surface area contributed by atoms with Crippen LogP contribution in [0.3, 0.4) is 0 Å². The minimum Gasteiger partial charge on any atom is -0.465 e. The maximum atomic E-state index is 11.5. The summed E-state index contributed by atoms with van der Waals surface area (Å²) >= 11 is 0. The van der Waals surface area contributed by atoms with Crippen molar-refractivity contribution in [2.45, 2.75) is 0 Å². The molecule has 0 atom stereocenters. The number of carbonyl (C=O) groups excluding carboxylic acids is 1. The van der Waals surface area contributed by atoms with Gasteiger partial charge in [-0.05, 0) is 48.5 Å². The number of nitriles is 1. The first-order valence-corrected chi connectivity index (χ1v) is 7.73. The van der Waals surface area contributed by atoms with Gasteiger partial charge in [-0.25, -0.2) is 9.78 Å². The van der Waals surface area contributed by atoms with Crippen LogP contribution in [0.5, 0.6) is 0 Å². The van der Waals surface area contributed by atoms with E-state index in [1.54, 1.807) is 54.7 Å². The van der Waals surface area contributed by atoms with E-state index in [-0.39, 0.29) is 5.97 Å². The lowest BCUT2D eigenvalue weighted by molar-refractivity contribution is 0.0601. The second-order valence-electron chi connectivity index (χ2n) is 5.28. The standard InChI is InChI=1S/C19H15N5O2/c1-26-18(25)14-5-7-15(8-6-14)22-17-9-10-21-19(24-17)23-16-4-2-3-13(11-16)12-20/h2-11H,1H3,(H2,21,22,23,24). The Morgan fingerprint density at radius 1 is 1.08 bits per heavy atom. The van der Waals surface area contributed by atoms with E-state index in [1.165, 1.54) is 7.11 Å². The Hall–Kier alpha value is -3.92. The molecule has 1 aromatic heterocycles. The number of nitrogens with one attached hydrogen (secondary N) is 2. The highest BCUT2D eigenvalue weighted by Gasteiger charge is 2.05. The van der Waals surface area contributed by atoms with Crippen LogP contribution in [0.25, 0.3) is 0 Å². The molecule has 0 saturated heterocycles. The fraction of sp³-hybridized carbons (Fsp3) is 0.0526. The molecule has 0 aliphatic carbocycles. The number of nitrogens with zero attached hydrogens (tertiary/aromatic N) is 3. The van der Waals surface area contributed by atoms with Gasteiger partial charge in [-0.15, -0.1) is 0 Å². The van der Waals surface area contributed by atoms with Crippen LogP contribution in [0.2, 0.25) is 0 Å². The van der Waals surface area contributed by atoms with Gasteiger partial charge in [0.1, 0.15) is 5.82 Å². The van der Waals surface area contributed by atoms with Gasteiger partial charge in [0.05, 0.1) is 24.3 Å². The molecule has 3 rings (SSSR count). The number of benzene rings is 2. The number of rotatable bonds is 5. The van der Waals surface area contributed by atoms with E-state index in [0.29, 0.717) is 22.9 Å². The van der Waals surface area contributed by atoms with Gasteiger partial charge < -0.3 is 15.4 Å². The lowest BCUT2D eigenvalue weighted by Crippen LogP contribution is -2.02. The molecule has 7 heteroatoms. The molecule has 0 unspecified atom stereocenters. The van der Waals surface area contributed by atoms with Crippen LogP contribution < -0.4 is 10.6 Å². The maximum absolute atomic E-state index is 11.5. The van der Waals surface area contributed by atoms with Crippen molar-refractivity contribution < 1.29 is 9.53 Å². The molecule has 0 amide bonds. The van der Waals surface area contributed by atoms with Gasteiger partial charge in [0.25, 0.3) is 0 Å². The predicted molar refractivity (Wildman–Crippen MR) is 97.5 cm³/mol. The summed E-state index contributed by atoms with van der Waals surface area (Å²) in [4.78, 5) is 20.0. The monoisotopic (exact) mass is 345 g/mol. The van der Waals surface area contributed by atoms with Crippen LogP contribution in [0.1, 0.15) is 15.9 Å². The molecule has 0 aliphatic rings. The van der Waals surface area contributed by atoms with Gasteiger partial charge in [-0.3, -0.25) is 0 Å². The molecular weight excluding hydrogens is 330 g/mol. The largest absolute Gasteiger partial charge is 0.465 e. The number of methoxy groups -OCH3 is 1. The van der Waals surface area contributed by atoms with Gasteiger partial charge in [0, 0.05) is 17.6 Å². The summed E-state index contributed by atoms with van der Waals surface area (Å²) in [6.45, 7) is 0. The van der Waals surface area contributed by atoms with Gasteiger partial charge in [0.15, 0.2) is 0 Å². The van der Waals surface area contributed by atoms with Crippen molar-refractivity contribution in [2.75, 3.05) is 17.7 Å². The lowest BCUT2D eigenvalue weighted by Gasteiger charge is -2.09. The average Bonchev–Trinajstić information content (AvgIpc) is 2.68. The van der Waals surface area contributed by atoms with E-state index < -0.39 is 0 Å². The van der Waals surface area contributed by atoms with Crippen molar-refractivity contribution in [2.24, 2.45) is 0 Å². The Morgan fingerprint density at radius 3 is 2.62 bits per heavy atom. The Kier molecular flexibility index (Phi) is 5.05. The van der Waals surface area contributed by atoms with E-state index in [0.717, 1.165) is 11.4 Å². The van der Waals surface area contributed by atoms with E-state index in [1.807, 2.05) is 6.07 Å². The average molecular weight is 345 g/mol. The molecule has 2 aromatic carbocycles. The molecule has 0 bridgehead atoms. The van der Waals surface area contributed by atoms with Crippen LogP contribution in [-0.4, -0.2) is 23.0 Å². The fourth-order valence-corrected chi connectivity index (χ4v) is 2.24. The van der Waals surface area contributed by atoms with Crippen molar-refractivity contribution in [3.8, 4) is 6.07 Å². The zero-order chi connectivity index (χ0) is 18.4. The summed E-state index contributed by atoms with van der Waals surface area (Å²) in [6, 6.07) is 17.7. The Labute approximate surface area is 150 Å². The number of aromatic nitrogens is 2. The number of hydrogen-bond donors (Lipinski definition) is 2. The van der Waals surface area contributed by atoms with Crippen LogP contribution in [0.15, 0.2) is 60.8 Å². The van der Waals surface area contributed by atoms with Crippen molar-refractivity contribution in [1.29, 1.82) is 5.26 Å². The topological polar surface area (TPSA) is 99.9 Å². The number of anilines is 4. The Balaban J connectivity index is 1.73. The predicted octanol–water partition coefficient (Wildman–Crippen LogP) is 3.62. The Morgan fingerprint density at radius 2 is 1.88 bits per heavy atom. The van der Waals surface area contributed by atoms with Crippen molar-refractivity contribution in [3.63, 3.8) is 0 Å². The highest BCUT2D eigenvalue weighted by Crippen LogP contribution is 2.19. The summed E-state index contributed by atoms with van der Waals surface area (Å²) in [6.07, 6.45) is 1.62. The third-order valence-corrected chi connectivity index (χ3v) is 3.48. The van der Waals surface area contributed by atoms with Gasteiger partial charge in [-0.1, -0.05) is 6.07 Å². The van der Waals surface area contributed by atoms with Crippen LogP contribution in [0.4, 0.5) is 23.1 Å². The van der Waals surface area contributed by atoms with E-state index >= 15 is 0 Å². The van der Waals surface area contributed by atoms with Crippen LogP contribution in [-0.2, 0) is 4.74 Å². The zero-order valence-corrected chi connectivity index (χ0v) is 13.9. The zero-order valence-electron chi connectivity index (χ0n) is 13.9. The van der Waals surface area contributed by atoms with Gasteiger partial charge >= 0.3 is 5.97 Å². The summed E-state index contributed by atoms with van der Waals surface area (Å²) in [5.74, 6) is 0.602. The summed E-state index contributed by atoms with van der Waals surface area (Å²) < 4.78 is 4.67. The van der Waals surface area contributed by atoms with Gasteiger partial charge in [0.2, 0.25) is 5.95 Å². The molecule has 0 saturated carbocycles. The summed E-state index contributed by atoms with van der Waals surface area (Å²) in [5, 5.41) is 15.2. The van der Waals surface area contributed by atoms with Crippen LogP contribution in [0, 0.1) is 11.3 Å². The SMILES string of the molecule is COC(=O)c1ccc(Nc2ccnc(Nc3cccc(C#N)c3)n2)cc1. The molecule has 26 heavy (non-hydrogen) atoms. The molecule has 7 nitrogen and oxygen atoms in total. The molecule has 0 radical (unpaired) electrons. The summed E-state index contributed by atoms with van der Waals surface area (Å²) in [7, 11) is 1.34. The van der Waals surface area contributed by atoms with E-state index in [2.05, 4.69) is 31.4 Å². The highest BCUT2D eigenvalue weighted by molar-refractivity contribution is 5.89. The molecule has 128 valence electrons. The third-order valence-electron chi connectivity index (χ3n) is 3.48. The molecule has 3 aromatic rings. The quantitative estimate of drug-likeness (QED) is 0.681. The van der Waals surface area contributed by atoms with E-state index in [9.17, 15) is 4.79 Å². The number of ether oxygens (including phenoxy) is 1. The molecular formula is C19H15N5O2. The van der Waals surface area contributed by atoms with Crippen molar-refractivity contribution >= 4 is 29.1 Å². The highest BCUT2D eigenvalue weighted by atomic mass is 16.5. The van der Waals surface area contributed by atoms with E-state index in [4.69, 9.17) is 5.26 Å². The lowest BCUT2D eigenvalue weighted by atomic mass is 10.2. The molecule has 1 heterocycles. The van der Waals surface area contributed by atoms with Crippen molar-refractivity contribution in [1.82, 2.24) is 9.97 Å². The third kappa shape index (κ3) is 4.13. The first kappa shape index (κ1) is 16.9. The van der Waals surface area contributed by atoms with Crippen LogP contribution >= 0.6 is 0 Å². The normalized spacial score (nSPS) is 9.85. The second-order valence-corrected chi connectivity index (χ2v) is 5.28. The number of esters is 1. The maximum Gasteiger partial charge on any atom is 0.337 e. The first-order chi connectivity index (χ1) is 12.7. The first-order valence-electron chi connectivity index (χ1n) is 7.73. The second kappa shape index (κ2) is 7.77. The smallest absolute Gasteiger partial charge is 0.337 e. The number of hydrogen-bond acceptors (Lipinski definition) is 7. The molecule has 0 spiro atoms. The van der Waals surface area contributed by atoms with Gasteiger partial charge in [-0.2, -0.15) is 10.2 Å². The minimum absolute atomic E-state index is 0.385.